The van der Waals surface area contributed by atoms with E-state index in [0.29, 0.717) is 27.8 Å². The van der Waals surface area contributed by atoms with Crippen molar-refractivity contribution in [2.75, 3.05) is 7.11 Å². The molecule has 0 radical (unpaired) electrons. The average molecular weight is 455 g/mol. The first kappa shape index (κ1) is 20.9. The van der Waals surface area contributed by atoms with Gasteiger partial charge in [0, 0.05) is 5.56 Å². The maximum Gasteiger partial charge on any atom is 0.387 e. The van der Waals surface area contributed by atoms with Gasteiger partial charge in [-0.3, -0.25) is 0 Å². The SMILES string of the molecule is COc1ccc(C[n+]2[nH]nc(C(=O)O)c2-c2cccc(-c3ccc(Cl)c(Cl)c3)c2)cc1. The highest BCUT2D eigenvalue weighted by Gasteiger charge is 2.29. The van der Waals surface area contributed by atoms with E-state index >= 15 is 0 Å². The summed E-state index contributed by atoms with van der Waals surface area (Å²) in [4.78, 5) is 11.8. The van der Waals surface area contributed by atoms with Gasteiger partial charge in [-0.2, -0.15) is 0 Å². The van der Waals surface area contributed by atoms with E-state index in [4.69, 9.17) is 27.9 Å². The van der Waals surface area contributed by atoms with E-state index in [0.717, 1.165) is 22.4 Å². The number of hydrogen-bond donors (Lipinski definition) is 2. The van der Waals surface area contributed by atoms with Crippen LogP contribution in [0.3, 0.4) is 0 Å². The third-order valence-corrected chi connectivity index (χ3v) is 5.61. The number of carboxylic acid groups (broad SMARTS) is 1. The van der Waals surface area contributed by atoms with Gasteiger partial charge >= 0.3 is 11.7 Å². The molecule has 0 saturated heterocycles. The van der Waals surface area contributed by atoms with Crippen LogP contribution in [0.2, 0.25) is 10.0 Å². The molecule has 4 aromatic rings. The zero-order valence-electron chi connectivity index (χ0n) is 16.5. The van der Waals surface area contributed by atoms with Crippen LogP contribution in [0.25, 0.3) is 22.4 Å². The summed E-state index contributed by atoms with van der Waals surface area (Å²) in [6.07, 6.45) is 0. The molecule has 0 aliphatic carbocycles. The average Bonchev–Trinajstić information content (AvgIpc) is 3.20. The number of H-pyrrole nitrogens is 1. The van der Waals surface area contributed by atoms with E-state index in [1.165, 1.54) is 0 Å². The van der Waals surface area contributed by atoms with Crippen molar-refractivity contribution in [3.63, 3.8) is 0 Å². The predicted molar refractivity (Wildman–Crippen MR) is 119 cm³/mol. The van der Waals surface area contributed by atoms with Gasteiger partial charge in [0.25, 0.3) is 0 Å². The molecule has 0 saturated carbocycles. The Bertz CT molecular complexity index is 1250. The number of halogens is 2. The second-order valence-electron chi connectivity index (χ2n) is 6.86. The first-order valence-corrected chi connectivity index (χ1v) is 10.1. The molecule has 1 heterocycles. The Morgan fingerprint density at radius 2 is 1.71 bits per heavy atom. The van der Waals surface area contributed by atoms with Crippen molar-refractivity contribution in [3.05, 3.63) is 88.0 Å². The monoisotopic (exact) mass is 454 g/mol. The van der Waals surface area contributed by atoms with Gasteiger partial charge in [-0.05, 0) is 47.0 Å². The van der Waals surface area contributed by atoms with Crippen molar-refractivity contribution in [2.45, 2.75) is 6.54 Å². The topological polar surface area (TPSA) is 79.1 Å². The quantitative estimate of drug-likeness (QED) is 0.397. The van der Waals surface area contributed by atoms with E-state index in [1.807, 2.05) is 54.6 Å². The lowest BCUT2D eigenvalue weighted by Gasteiger charge is -2.07. The molecular weight excluding hydrogens is 437 g/mol. The van der Waals surface area contributed by atoms with Crippen LogP contribution >= 0.6 is 23.2 Å². The highest BCUT2D eigenvalue weighted by molar-refractivity contribution is 6.42. The van der Waals surface area contributed by atoms with Crippen LogP contribution in [0, 0.1) is 0 Å². The third-order valence-electron chi connectivity index (χ3n) is 4.87. The van der Waals surface area contributed by atoms with Crippen LogP contribution in [0.5, 0.6) is 5.75 Å². The molecule has 0 aliphatic heterocycles. The van der Waals surface area contributed by atoms with E-state index in [9.17, 15) is 9.90 Å². The van der Waals surface area contributed by atoms with E-state index in [-0.39, 0.29) is 5.69 Å². The minimum absolute atomic E-state index is 0.0557. The predicted octanol–water partition coefficient (Wildman–Crippen LogP) is 5.09. The van der Waals surface area contributed by atoms with Gasteiger partial charge in [-0.15, -0.1) is 4.68 Å². The molecule has 6 nitrogen and oxygen atoms in total. The zero-order chi connectivity index (χ0) is 22.0. The summed E-state index contributed by atoms with van der Waals surface area (Å²) < 4.78 is 6.90. The summed E-state index contributed by atoms with van der Waals surface area (Å²) in [5.41, 5.74) is 3.85. The lowest BCUT2D eigenvalue weighted by Crippen LogP contribution is -2.38. The lowest BCUT2D eigenvalue weighted by molar-refractivity contribution is -0.735. The molecule has 156 valence electrons. The van der Waals surface area contributed by atoms with Crippen molar-refractivity contribution in [1.29, 1.82) is 0 Å². The second-order valence-corrected chi connectivity index (χ2v) is 7.67. The molecule has 0 amide bonds. The Kier molecular flexibility index (Phi) is 5.93. The van der Waals surface area contributed by atoms with Crippen LogP contribution in [0.4, 0.5) is 0 Å². The van der Waals surface area contributed by atoms with Crippen molar-refractivity contribution in [1.82, 2.24) is 10.3 Å². The van der Waals surface area contributed by atoms with Crippen molar-refractivity contribution in [2.24, 2.45) is 0 Å². The number of aromatic amines is 1. The lowest BCUT2D eigenvalue weighted by atomic mass is 10.0. The summed E-state index contributed by atoms with van der Waals surface area (Å²) in [7, 11) is 1.61. The fourth-order valence-corrected chi connectivity index (χ4v) is 3.63. The Morgan fingerprint density at radius 1 is 1.00 bits per heavy atom. The number of aromatic nitrogens is 3. The molecule has 0 spiro atoms. The van der Waals surface area contributed by atoms with Crippen molar-refractivity contribution < 1.29 is 19.3 Å². The maximum atomic E-state index is 11.8. The van der Waals surface area contributed by atoms with Gasteiger partial charge in [0.05, 0.1) is 22.3 Å². The minimum Gasteiger partial charge on any atom is -0.497 e. The number of ether oxygens (including phenoxy) is 1. The van der Waals surface area contributed by atoms with Crippen LogP contribution in [-0.4, -0.2) is 28.5 Å². The summed E-state index contributed by atoms with van der Waals surface area (Å²) in [5, 5.41) is 17.5. The standard InChI is InChI=1S/C23H17Cl2N3O3/c1-31-18-8-5-14(6-9-18)13-28-22(21(23(29)30)26-27-28)17-4-2-3-15(11-17)16-7-10-19(24)20(25)12-16/h2-12H,13H2,1H3,(H,29,30)/p+1. The molecule has 0 atom stereocenters. The first-order valence-electron chi connectivity index (χ1n) is 9.36. The maximum absolute atomic E-state index is 11.8. The number of methoxy groups -OCH3 is 1. The van der Waals surface area contributed by atoms with E-state index < -0.39 is 5.97 Å². The fourth-order valence-electron chi connectivity index (χ4n) is 3.33. The van der Waals surface area contributed by atoms with E-state index in [1.54, 1.807) is 23.9 Å². The number of carbonyl (C=O) groups is 1. The van der Waals surface area contributed by atoms with Gasteiger partial charge < -0.3 is 9.84 Å². The molecule has 1 aromatic heterocycles. The normalized spacial score (nSPS) is 10.8. The molecule has 31 heavy (non-hydrogen) atoms. The summed E-state index contributed by atoms with van der Waals surface area (Å²) in [6.45, 7) is 0.413. The zero-order valence-corrected chi connectivity index (χ0v) is 18.0. The number of benzene rings is 3. The van der Waals surface area contributed by atoms with Crippen LogP contribution < -0.4 is 9.42 Å². The molecule has 0 unspecified atom stereocenters. The van der Waals surface area contributed by atoms with Gasteiger partial charge in [0.1, 0.15) is 12.3 Å². The molecule has 0 aliphatic rings. The molecule has 3 aromatic carbocycles. The molecule has 8 heteroatoms. The number of nitrogens with zero attached hydrogens (tertiary/aromatic N) is 2. The number of carboxylic acids is 1. The minimum atomic E-state index is -1.11. The summed E-state index contributed by atoms with van der Waals surface area (Å²) >= 11 is 12.2. The summed E-state index contributed by atoms with van der Waals surface area (Å²) in [6, 6.07) is 20.5. The van der Waals surface area contributed by atoms with Crippen molar-refractivity contribution in [3.8, 4) is 28.1 Å². The molecule has 2 N–H and O–H groups in total. The fraction of sp³-hybridized carbons (Fsp3) is 0.0870. The summed E-state index contributed by atoms with van der Waals surface area (Å²) in [5.74, 6) is -0.362. The van der Waals surface area contributed by atoms with Crippen LogP contribution in [0.15, 0.2) is 66.7 Å². The largest absolute Gasteiger partial charge is 0.497 e. The smallest absolute Gasteiger partial charge is 0.387 e. The van der Waals surface area contributed by atoms with E-state index in [2.05, 4.69) is 10.3 Å². The molecular formula is C23H18Cl2N3O3+. The second kappa shape index (κ2) is 8.79. The highest BCUT2D eigenvalue weighted by Crippen LogP contribution is 2.31. The van der Waals surface area contributed by atoms with Crippen LogP contribution in [-0.2, 0) is 6.54 Å². The highest BCUT2D eigenvalue weighted by atomic mass is 35.5. The number of aromatic carboxylic acids is 1. The number of rotatable bonds is 6. The van der Waals surface area contributed by atoms with Crippen molar-refractivity contribution >= 4 is 29.2 Å². The van der Waals surface area contributed by atoms with Gasteiger partial charge in [-0.1, -0.05) is 64.8 Å². The van der Waals surface area contributed by atoms with Gasteiger partial charge in [0.2, 0.25) is 5.69 Å². The number of hydrogen-bond acceptors (Lipinski definition) is 3. The Morgan fingerprint density at radius 3 is 2.39 bits per heavy atom. The Hall–Kier alpha value is -3.35. The third kappa shape index (κ3) is 4.40. The van der Waals surface area contributed by atoms with Gasteiger partial charge in [-0.25, -0.2) is 4.79 Å². The molecule has 0 fully saturated rings. The van der Waals surface area contributed by atoms with Gasteiger partial charge in [0.15, 0.2) is 0 Å². The Balaban J connectivity index is 1.76. The van der Waals surface area contributed by atoms with Crippen LogP contribution in [0.1, 0.15) is 16.1 Å². The first-order chi connectivity index (χ1) is 15.0. The molecule has 0 bridgehead atoms. The molecule has 4 rings (SSSR count). The Labute approximate surface area is 188 Å². The number of nitrogens with one attached hydrogen (secondary N) is 1.